The van der Waals surface area contributed by atoms with Crippen LogP contribution < -0.4 is 11.1 Å². The summed E-state index contributed by atoms with van der Waals surface area (Å²) in [6, 6.07) is 13.0. The van der Waals surface area contributed by atoms with Gasteiger partial charge in [-0.25, -0.2) is 0 Å². The molecule has 1 aliphatic rings. The Morgan fingerprint density at radius 3 is 2.70 bits per heavy atom. The summed E-state index contributed by atoms with van der Waals surface area (Å²) in [6.07, 6.45) is 3.92. The number of nitrogen functional groups attached to an aromatic ring is 1. The number of hydrogen-bond donors (Lipinski definition) is 2. The van der Waals surface area contributed by atoms with Crippen LogP contribution in [0.15, 0.2) is 36.4 Å². The van der Waals surface area contributed by atoms with Crippen molar-refractivity contribution in [3.05, 3.63) is 42.0 Å². The van der Waals surface area contributed by atoms with E-state index in [0.717, 1.165) is 18.7 Å². The van der Waals surface area contributed by atoms with Crippen LogP contribution in [-0.4, -0.2) is 19.3 Å². The quantitative estimate of drug-likeness (QED) is 0.839. The lowest BCUT2D eigenvalue weighted by Crippen LogP contribution is -2.36. The molecule has 1 aliphatic carbocycles. The van der Waals surface area contributed by atoms with E-state index in [-0.39, 0.29) is 0 Å². The number of rotatable bonds is 4. The maximum absolute atomic E-state index is 6.17. The molecule has 0 amide bonds. The minimum absolute atomic E-state index is 0.344. The Balaban J connectivity index is 1.75. The van der Waals surface area contributed by atoms with Crippen molar-refractivity contribution in [3.63, 3.8) is 0 Å². The van der Waals surface area contributed by atoms with Crippen molar-refractivity contribution < 1.29 is 4.74 Å². The molecule has 0 saturated heterocycles. The fourth-order valence-electron chi connectivity index (χ4n) is 3.14. The third kappa shape index (κ3) is 2.65. The zero-order valence-corrected chi connectivity index (χ0v) is 11.9. The summed E-state index contributed by atoms with van der Waals surface area (Å²) in [6.45, 7) is 0.807. The molecule has 0 heterocycles. The molecule has 3 heteroatoms. The average molecular weight is 270 g/mol. The van der Waals surface area contributed by atoms with Crippen molar-refractivity contribution in [2.45, 2.75) is 38.0 Å². The molecule has 1 fully saturated rings. The van der Waals surface area contributed by atoms with Gasteiger partial charge in [-0.3, -0.25) is 0 Å². The second kappa shape index (κ2) is 5.81. The van der Waals surface area contributed by atoms with Gasteiger partial charge in [-0.05, 0) is 47.7 Å². The van der Waals surface area contributed by atoms with Crippen molar-refractivity contribution in [1.82, 2.24) is 5.32 Å². The lowest BCUT2D eigenvalue weighted by molar-refractivity contribution is 0.0847. The predicted molar refractivity (Wildman–Crippen MR) is 83.6 cm³/mol. The van der Waals surface area contributed by atoms with Gasteiger partial charge in [0.2, 0.25) is 0 Å². The van der Waals surface area contributed by atoms with Crippen molar-refractivity contribution >= 4 is 16.5 Å². The number of anilines is 1. The topological polar surface area (TPSA) is 47.3 Å². The van der Waals surface area contributed by atoms with Crippen molar-refractivity contribution in [3.8, 4) is 0 Å². The lowest BCUT2D eigenvalue weighted by Gasteiger charge is -2.20. The van der Waals surface area contributed by atoms with Crippen LogP contribution in [0.25, 0.3) is 10.8 Å². The molecule has 3 N–H and O–H groups in total. The molecule has 3 rings (SSSR count). The van der Waals surface area contributed by atoms with Gasteiger partial charge >= 0.3 is 0 Å². The van der Waals surface area contributed by atoms with Gasteiger partial charge in [0.05, 0.1) is 6.10 Å². The fourth-order valence-corrected chi connectivity index (χ4v) is 3.14. The highest BCUT2D eigenvalue weighted by atomic mass is 16.5. The van der Waals surface area contributed by atoms with Crippen LogP contribution in [0, 0.1) is 0 Å². The molecular formula is C17H22N2O. The predicted octanol–water partition coefficient (Wildman–Crippen LogP) is 3.08. The highest BCUT2D eigenvalue weighted by Gasteiger charge is 2.26. The molecule has 2 unspecified atom stereocenters. The Kier molecular flexibility index (Phi) is 3.90. The fraction of sp³-hybridized carbons (Fsp3) is 0.412. The Hall–Kier alpha value is -1.58. The Morgan fingerprint density at radius 2 is 1.95 bits per heavy atom. The molecule has 0 radical (unpaired) electrons. The van der Waals surface area contributed by atoms with Crippen LogP contribution in [0.3, 0.4) is 0 Å². The number of fused-ring (bicyclic) bond motifs is 1. The highest BCUT2D eigenvalue weighted by molar-refractivity contribution is 5.86. The van der Waals surface area contributed by atoms with Gasteiger partial charge in [-0.2, -0.15) is 0 Å². The monoisotopic (exact) mass is 270 g/mol. The molecule has 2 atom stereocenters. The SMILES string of the molecule is COC1CCCC1NCc1cc2ccccc2cc1N. The summed E-state index contributed by atoms with van der Waals surface area (Å²) in [5.41, 5.74) is 8.20. The van der Waals surface area contributed by atoms with E-state index in [9.17, 15) is 0 Å². The smallest absolute Gasteiger partial charge is 0.0724 e. The zero-order valence-electron chi connectivity index (χ0n) is 11.9. The van der Waals surface area contributed by atoms with Gasteiger partial charge in [0, 0.05) is 25.4 Å². The molecule has 0 aliphatic heterocycles. The molecular weight excluding hydrogens is 248 g/mol. The molecule has 1 saturated carbocycles. The van der Waals surface area contributed by atoms with E-state index in [1.807, 2.05) is 6.07 Å². The third-order valence-electron chi connectivity index (χ3n) is 4.32. The van der Waals surface area contributed by atoms with E-state index in [0.29, 0.717) is 12.1 Å². The largest absolute Gasteiger partial charge is 0.398 e. The second-order valence-electron chi connectivity index (χ2n) is 5.59. The maximum atomic E-state index is 6.17. The van der Waals surface area contributed by atoms with Crippen LogP contribution in [0.1, 0.15) is 24.8 Å². The second-order valence-corrected chi connectivity index (χ2v) is 5.59. The van der Waals surface area contributed by atoms with E-state index in [2.05, 4.69) is 35.6 Å². The standard InChI is InChI=1S/C17H22N2O/c1-20-17-8-4-7-16(17)19-11-14-9-12-5-2-3-6-13(12)10-15(14)18/h2-3,5-6,9-10,16-17,19H,4,7-8,11,18H2,1H3. The van der Waals surface area contributed by atoms with E-state index in [4.69, 9.17) is 10.5 Å². The number of ether oxygens (including phenoxy) is 1. The number of nitrogens with one attached hydrogen (secondary N) is 1. The van der Waals surface area contributed by atoms with Crippen LogP contribution in [0.2, 0.25) is 0 Å². The first-order valence-electron chi connectivity index (χ1n) is 7.31. The van der Waals surface area contributed by atoms with Crippen LogP contribution in [0.4, 0.5) is 5.69 Å². The summed E-state index contributed by atoms with van der Waals surface area (Å²) in [5.74, 6) is 0. The van der Waals surface area contributed by atoms with E-state index in [1.54, 1.807) is 7.11 Å². The van der Waals surface area contributed by atoms with Gasteiger partial charge in [0.1, 0.15) is 0 Å². The first kappa shape index (κ1) is 13.4. The molecule has 2 aromatic carbocycles. The maximum Gasteiger partial charge on any atom is 0.0724 e. The van der Waals surface area contributed by atoms with Gasteiger partial charge in [0.25, 0.3) is 0 Å². The van der Waals surface area contributed by atoms with Crippen LogP contribution in [-0.2, 0) is 11.3 Å². The van der Waals surface area contributed by atoms with Gasteiger partial charge in [-0.1, -0.05) is 24.3 Å². The molecule has 20 heavy (non-hydrogen) atoms. The number of nitrogens with two attached hydrogens (primary N) is 1. The Bertz CT molecular complexity index is 597. The summed E-state index contributed by atoms with van der Waals surface area (Å²) in [4.78, 5) is 0. The Morgan fingerprint density at radius 1 is 1.20 bits per heavy atom. The molecule has 106 valence electrons. The van der Waals surface area contributed by atoms with Crippen LogP contribution >= 0.6 is 0 Å². The minimum atomic E-state index is 0.344. The van der Waals surface area contributed by atoms with E-state index < -0.39 is 0 Å². The summed E-state index contributed by atoms with van der Waals surface area (Å²) in [7, 11) is 1.80. The normalized spacial score (nSPS) is 22.4. The van der Waals surface area contributed by atoms with Crippen molar-refractivity contribution in [1.29, 1.82) is 0 Å². The first-order chi connectivity index (χ1) is 9.78. The van der Waals surface area contributed by atoms with E-state index >= 15 is 0 Å². The first-order valence-corrected chi connectivity index (χ1v) is 7.31. The average Bonchev–Trinajstić information content (AvgIpc) is 2.92. The number of methoxy groups -OCH3 is 1. The molecule has 3 nitrogen and oxygen atoms in total. The van der Waals surface area contributed by atoms with Crippen LogP contribution in [0.5, 0.6) is 0 Å². The van der Waals surface area contributed by atoms with Gasteiger partial charge < -0.3 is 15.8 Å². The highest BCUT2D eigenvalue weighted by Crippen LogP contribution is 2.24. The van der Waals surface area contributed by atoms with Gasteiger partial charge in [0.15, 0.2) is 0 Å². The zero-order chi connectivity index (χ0) is 13.9. The molecule has 0 spiro atoms. The third-order valence-corrected chi connectivity index (χ3v) is 4.32. The Labute approximate surface area is 120 Å². The summed E-state index contributed by atoms with van der Waals surface area (Å²) >= 11 is 0. The number of benzene rings is 2. The van der Waals surface area contributed by atoms with Crippen molar-refractivity contribution in [2.24, 2.45) is 0 Å². The lowest BCUT2D eigenvalue weighted by atomic mass is 10.0. The van der Waals surface area contributed by atoms with Gasteiger partial charge in [-0.15, -0.1) is 0 Å². The van der Waals surface area contributed by atoms with Crippen molar-refractivity contribution in [2.75, 3.05) is 12.8 Å². The molecule has 0 bridgehead atoms. The number of hydrogen-bond acceptors (Lipinski definition) is 3. The van der Waals surface area contributed by atoms with E-state index in [1.165, 1.54) is 29.2 Å². The summed E-state index contributed by atoms with van der Waals surface area (Å²) in [5, 5.41) is 6.04. The minimum Gasteiger partial charge on any atom is -0.398 e. The molecule has 2 aromatic rings. The molecule has 0 aromatic heterocycles. The summed E-state index contributed by atoms with van der Waals surface area (Å²) < 4.78 is 5.52.